The smallest absolute Gasteiger partial charge is 0.326 e. The van der Waals surface area contributed by atoms with Gasteiger partial charge in [0.1, 0.15) is 19.3 Å². The van der Waals surface area contributed by atoms with Crippen LogP contribution in [0.1, 0.15) is 19.3 Å². The van der Waals surface area contributed by atoms with Crippen molar-refractivity contribution in [1.82, 2.24) is 5.32 Å². The van der Waals surface area contributed by atoms with Gasteiger partial charge in [-0.15, -0.1) is 0 Å². The Bertz CT molecular complexity index is 564. The van der Waals surface area contributed by atoms with Crippen molar-refractivity contribution in [2.24, 2.45) is 5.73 Å². The van der Waals surface area contributed by atoms with E-state index in [1.165, 1.54) is 0 Å². The molecule has 2 rings (SSSR count). The number of carboxylic acids is 1. The molecule has 0 fully saturated rings. The average Bonchev–Trinajstić information content (AvgIpc) is 2.54. The van der Waals surface area contributed by atoms with E-state index in [1.807, 2.05) is 0 Å². The molecule has 8 nitrogen and oxygen atoms in total. The second-order valence-corrected chi connectivity index (χ2v) is 5.13. The van der Waals surface area contributed by atoms with Gasteiger partial charge in [-0.3, -0.25) is 0 Å². The summed E-state index contributed by atoms with van der Waals surface area (Å²) in [6.07, 6.45) is 1.69. The van der Waals surface area contributed by atoms with E-state index < -0.39 is 18.0 Å². The molecule has 1 aliphatic rings. The van der Waals surface area contributed by atoms with Crippen molar-refractivity contribution >= 4 is 17.7 Å². The van der Waals surface area contributed by atoms with Crippen molar-refractivity contribution in [3.8, 4) is 11.5 Å². The van der Waals surface area contributed by atoms with Gasteiger partial charge in [-0.1, -0.05) is 0 Å². The number of benzene rings is 1. The van der Waals surface area contributed by atoms with Crippen LogP contribution in [-0.4, -0.2) is 42.9 Å². The second kappa shape index (κ2) is 8.23. The molecule has 0 aliphatic carbocycles. The van der Waals surface area contributed by atoms with Crippen LogP contribution in [0.5, 0.6) is 11.5 Å². The Morgan fingerprint density at radius 3 is 2.65 bits per heavy atom. The topological polar surface area (TPSA) is 123 Å². The third-order valence-electron chi connectivity index (χ3n) is 3.35. The lowest BCUT2D eigenvalue weighted by molar-refractivity contribution is -0.139. The molecule has 1 unspecified atom stereocenters. The van der Waals surface area contributed by atoms with Crippen LogP contribution in [0.4, 0.5) is 10.5 Å². The van der Waals surface area contributed by atoms with Crippen LogP contribution in [0, 0.1) is 0 Å². The summed E-state index contributed by atoms with van der Waals surface area (Å²) in [6, 6.07) is 3.47. The molecular weight excluding hydrogens is 302 g/mol. The zero-order chi connectivity index (χ0) is 16.7. The summed E-state index contributed by atoms with van der Waals surface area (Å²) in [5.41, 5.74) is 5.88. The summed E-state index contributed by atoms with van der Waals surface area (Å²) in [5.74, 6) is 0.0959. The number of carbonyl (C=O) groups excluding carboxylic acids is 1. The van der Waals surface area contributed by atoms with Crippen LogP contribution in [0.3, 0.4) is 0 Å². The van der Waals surface area contributed by atoms with E-state index in [-0.39, 0.29) is 0 Å². The number of hydrogen-bond donors (Lipinski definition) is 4. The molecule has 0 aromatic heterocycles. The zero-order valence-electron chi connectivity index (χ0n) is 12.7. The molecular formula is C15H21N3O5. The number of anilines is 1. The van der Waals surface area contributed by atoms with Gasteiger partial charge in [0.25, 0.3) is 0 Å². The number of rotatable bonds is 7. The summed E-state index contributed by atoms with van der Waals surface area (Å²) in [6.45, 7) is 1.43. The highest BCUT2D eigenvalue weighted by Gasteiger charge is 2.20. The van der Waals surface area contributed by atoms with Crippen LogP contribution in [0.15, 0.2) is 18.2 Å². The lowest BCUT2D eigenvalue weighted by Crippen LogP contribution is -2.43. The first kappa shape index (κ1) is 16.9. The molecule has 1 heterocycles. The molecule has 1 aromatic carbocycles. The summed E-state index contributed by atoms with van der Waals surface area (Å²) in [7, 11) is 0. The van der Waals surface area contributed by atoms with Crippen LogP contribution >= 0.6 is 0 Å². The average molecular weight is 323 g/mol. The third kappa shape index (κ3) is 5.03. The van der Waals surface area contributed by atoms with E-state index in [9.17, 15) is 9.59 Å². The Morgan fingerprint density at radius 1 is 1.22 bits per heavy atom. The number of nitrogens with two attached hydrogens (primary N) is 1. The first-order valence-corrected chi connectivity index (χ1v) is 7.50. The van der Waals surface area contributed by atoms with Crippen LogP contribution < -0.4 is 25.8 Å². The summed E-state index contributed by atoms with van der Waals surface area (Å²) in [4.78, 5) is 23.1. The summed E-state index contributed by atoms with van der Waals surface area (Å²) >= 11 is 0. The minimum atomic E-state index is -1.07. The number of unbranched alkanes of at least 4 members (excludes halogenated alkanes) is 1. The molecule has 23 heavy (non-hydrogen) atoms. The standard InChI is InChI=1S/C15H21N3O5/c16-6-2-1-3-11(14(19)20)18-15(21)17-10-4-5-12-13(9-10)23-8-7-22-12/h4-5,9,11H,1-3,6-8,16H2,(H,19,20)(H2,17,18,21). The highest BCUT2D eigenvalue weighted by molar-refractivity contribution is 5.92. The number of aliphatic carboxylic acids is 1. The Balaban J connectivity index is 1.91. The molecule has 126 valence electrons. The second-order valence-electron chi connectivity index (χ2n) is 5.13. The SMILES string of the molecule is NCCCCC(NC(=O)Nc1ccc2c(c1)OCCO2)C(=O)O. The van der Waals surface area contributed by atoms with Crippen LogP contribution in [0.2, 0.25) is 0 Å². The van der Waals surface area contributed by atoms with Gasteiger partial charge in [0.15, 0.2) is 11.5 Å². The number of carbonyl (C=O) groups is 2. The normalized spacial score (nSPS) is 14.0. The van der Waals surface area contributed by atoms with Crippen molar-refractivity contribution in [3.05, 3.63) is 18.2 Å². The quantitative estimate of drug-likeness (QED) is 0.558. The molecule has 0 bridgehead atoms. The molecule has 0 radical (unpaired) electrons. The third-order valence-corrected chi connectivity index (χ3v) is 3.35. The van der Waals surface area contributed by atoms with E-state index in [0.717, 1.165) is 6.42 Å². The maximum Gasteiger partial charge on any atom is 0.326 e. The van der Waals surface area contributed by atoms with Gasteiger partial charge in [-0.25, -0.2) is 9.59 Å². The molecule has 0 spiro atoms. The first-order valence-electron chi connectivity index (χ1n) is 7.50. The molecule has 1 atom stereocenters. The van der Waals surface area contributed by atoms with Crippen molar-refractivity contribution < 1.29 is 24.2 Å². The van der Waals surface area contributed by atoms with Gasteiger partial charge in [0, 0.05) is 11.8 Å². The van der Waals surface area contributed by atoms with Gasteiger partial charge in [-0.05, 0) is 37.9 Å². The predicted octanol–water partition coefficient (Wildman–Crippen LogP) is 1.16. The van der Waals surface area contributed by atoms with Gasteiger partial charge in [-0.2, -0.15) is 0 Å². The zero-order valence-corrected chi connectivity index (χ0v) is 12.7. The Morgan fingerprint density at radius 2 is 1.96 bits per heavy atom. The van der Waals surface area contributed by atoms with E-state index in [0.29, 0.717) is 49.8 Å². The molecule has 1 aliphatic heterocycles. The molecule has 8 heteroatoms. The molecule has 0 saturated carbocycles. The van der Waals surface area contributed by atoms with Gasteiger partial charge >= 0.3 is 12.0 Å². The minimum absolute atomic E-state index is 0.334. The fourth-order valence-electron chi connectivity index (χ4n) is 2.20. The lowest BCUT2D eigenvalue weighted by atomic mass is 10.1. The maximum absolute atomic E-state index is 11.9. The van der Waals surface area contributed by atoms with Gasteiger partial charge in [0.2, 0.25) is 0 Å². The minimum Gasteiger partial charge on any atom is -0.486 e. The highest BCUT2D eigenvalue weighted by Crippen LogP contribution is 2.32. The highest BCUT2D eigenvalue weighted by atomic mass is 16.6. The van der Waals surface area contributed by atoms with Crippen molar-refractivity contribution in [2.45, 2.75) is 25.3 Å². The predicted molar refractivity (Wildman–Crippen MR) is 83.9 cm³/mol. The van der Waals surface area contributed by atoms with Gasteiger partial charge in [0.05, 0.1) is 0 Å². The fraction of sp³-hybridized carbons (Fsp3) is 0.467. The molecule has 5 N–H and O–H groups in total. The summed E-state index contributed by atoms with van der Waals surface area (Å²) in [5, 5.41) is 14.2. The number of fused-ring (bicyclic) bond motifs is 1. The number of urea groups is 1. The van der Waals surface area contributed by atoms with Gasteiger partial charge < -0.3 is 30.9 Å². The molecule has 1 aromatic rings. The van der Waals surface area contributed by atoms with E-state index in [1.54, 1.807) is 18.2 Å². The number of ether oxygens (including phenoxy) is 2. The van der Waals surface area contributed by atoms with E-state index >= 15 is 0 Å². The number of carboxylic acid groups (broad SMARTS) is 1. The Kier molecular flexibility index (Phi) is 6.04. The Hall–Kier alpha value is -2.48. The largest absolute Gasteiger partial charge is 0.486 e. The van der Waals surface area contributed by atoms with Crippen LogP contribution in [0.25, 0.3) is 0 Å². The van der Waals surface area contributed by atoms with E-state index in [4.69, 9.17) is 20.3 Å². The first-order chi connectivity index (χ1) is 11.1. The van der Waals surface area contributed by atoms with Crippen molar-refractivity contribution in [3.63, 3.8) is 0 Å². The monoisotopic (exact) mass is 323 g/mol. The molecule has 0 saturated heterocycles. The van der Waals surface area contributed by atoms with Crippen LogP contribution in [-0.2, 0) is 4.79 Å². The number of hydrogen-bond acceptors (Lipinski definition) is 5. The van der Waals surface area contributed by atoms with Crippen molar-refractivity contribution in [1.29, 1.82) is 0 Å². The van der Waals surface area contributed by atoms with E-state index in [2.05, 4.69) is 10.6 Å². The summed E-state index contributed by atoms with van der Waals surface area (Å²) < 4.78 is 10.8. The number of nitrogens with one attached hydrogen (secondary N) is 2. The van der Waals surface area contributed by atoms with Crippen molar-refractivity contribution in [2.75, 3.05) is 25.1 Å². The Labute approximate surface area is 133 Å². The maximum atomic E-state index is 11.9. The fourth-order valence-corrected chi connectivity index (χ4v) is 2.20. The number of amides is 2. The molecule has 2 amide bonds. The lowest BCUT2D eigenvalue weighted by Gasteiger charge is -2.19.